The maximum Gasteiger partial charge on any atom is 0.226 e. The zero-order valence-corrected chi connectivity index (χ0v) is 14.3. The van der Waals surface area contributed by atoms with Crippen LogP contribution in [0.3, 0.4) is 0 Å². The topological polar surface area (TPSA) is 58.2 Å². The molecule has 1 fully saturated rings. The first kappa shape index (κ1) is 14.8. The zero-order chi connectivity index (χ0) is 15.8. The van der Waals surface area contributed by atoms with Crippen molar-refractivity contribution in [2.24, 2.45) is 5.92 Å². The Hall–Kier alpha value is -1.82. The molecule has 2 aliphatic rings. The van der Waals surface area contributed by atoms with Crippen molar-refractivity contribution >= 4 is 21.8 Å². The Bertz CT molecular complexity index is 707. The minimum Gasteiger partial charge on any atom is -0.487 e. The minimum atomic E-state index is 0.0914. The van der Waals surface area contributed by atoms with Gasteiger partial charge in [-0.3, -0.25) is 9.89 Å². The summed E-state index contributed by atoms with van der Waals surface area (Å²) in [5.41, 5.74) is 2.38. The second-order valence-corrected chi connectivity index (χ2v) is 7.17. The monoisotopic (exact) mass is 375 g/mol. The van der Waals surface area contributed by atoms with Crippen molar-refractivity contribution < 1.29 is 9.53 Å². The molecule has 6 heteroatoms. The van der Waals surface area contributed by atoms with Crippen LogP contribution in [0.1, 0.15) is 17.7 Å². The molecule has 1 aliphatic heterocycles. The maximum absolute atomic E-state index is 12.6. The average Bonchev–Trinajstić information content (AvgIpc) is 2.99. The summed E-state index contributed by atoms with van der Waals surface area (Å²) in [5, 5.41) is 7.08. The normalized spacial score (nSPS) is 20.7. The molecule has 0 radical (unpaired) electrons. The number of carbonyl (C=O) groups excluding carboxylic acids is 1. The fraction of sp³-hybridized carbons (Fsp3) is 0.412. The number of likely N-dealkylation sites (tertiary alicyclic amines) is 1. The number of nitrogens with one attached hydrogen (secondary N) is 1. The standard InChI is InChI=1S/C17H18BrN3O2/c18-13-2-4-14(5-3-13)23-15-9-21(10-15)17(22)11-1-6-16-12(7-11)8-19-20-16/h2-5,8,11,15H,1,6-7,9-10H2,(H,19,20). The Morgan fingerprint density at radius 2 is 2.09 bits per heavy atom. The second kappa shape index (κ2) is 6.00. The summed E-state index contributed by atoms with van der Waals surface area (Å²) in [4.78, 5) is 14.5. The van der Waals surface area contributed by atoms with Crippen molar-refractivity contribution in [3.05, 3.63) is 46.2 Å². The number of aryl methyl sites for hydroxylation is 1. The van der Waals surface area contributed by atoms with Crippen LogP contribution in [-0.4, -0.2) is 40.2 Å². The molecule has 1 atom stereocenters. The van der Waals surface area contributed by atoms with Gasteiger partial charge in [0.25, 0.3) is 0 Å². The summed E-state index contributed by atoms with van der Waals surface area (Å²) in [6.07, 6.45) is 4.58. The van der Waals surface area contributed by atoms with E-state index in [1.54, 1.807) is 0 Å². The van der Waals surface area contributed by atoms with Gasteiger partial charge in [0, 0.05) is 16.1 Å². The maximum atomic E-state index is 12.6. The molecule has 1 unspecified atom stereocenters. The third-order valence-electron chi connectivity index (χ3n) is 4.64. The number of ether oxygens (including phenoxy) is 1. The van der Waals surface area contributed by atoms with Crippen LogP contribution in [0.15, 0.2) is 34.9 Å². The van der Waals surface area contributed by atoms with E-state index >= 15 is 0 Å². The van der Waals surface area contributed by atoms with Crippen molar-refractivity contribution in [1.82, 2.24) is 15.1 Å². The lowest BCUT2D eigenvalue weighted by molar-refractivity contribution is -0.144. The third kappa shape index (κ3) is 3.00. The second-order valence-electron chi connectivity index (χ2n) is 6.25. The average molecular weight is 376 g/mol. The van der Waals surface area contributed by atoms with Gasteiger partial charge in [-0.05, 0) is 49.1 Å². The molecule has 2 aromatic rings. The van der Waals surface area contributed by atoms with Crippen LogP contribution < -0.4 is 4.74 Å². The highest BCUT2D eigenvalue weighted by Gasteiger charge is 2.37. The van der Waals surface area contributed by atoms with Gasteiger partial charge >= 0.3 is 0 Å². The summed E-state index contributed by atoms with van der Waals surface area (Å²) >= 11 is 3.41. The van der Waals surface area contributed by atoms with E-state index in [9.17, 15) is 4.79 Å². The summed E-state index contributed by atoms with van der Waals surface area (Å²) in [6, 6.07) is 7.80. The molecule has 0 bridgehead atoms. The summed E-state index contributed by atoms with van der Waals surface area (Å²) in [5.74, 6) is 1.20. The van der Waals surface area contributed by atoms with Gasteiger partial charge in [-0.15, -0.1) is 0 Å². The molecule has 1 amide bonds. The van der Waals surface area contributed by atoms with Crippen LogP contribution in [-0.2, 0) is 17.6 Å². The first-order valence-corrected chi connectivity index (χ1v) is 8.70. The number of H-pyrrole nitrogens is 1. The Balaban J connectivity index is 1.30. The first-order chi connectivity index (χ1) is 11.2. The van der Waals surface area contributed by atoms with Gasteiger partial charge < -0.3 is 9.64 Å². The number of aromatic nitrogens is 2. The van der Waals surface area contributed by atoms with Crippen LogP contribution in [0.5, 0.6) is 5.75 Å². The lowest BCUT2D eigenvalue weighted by Gasteiger charge is -2.41. The van der Waals surface area contributed by atoms with Gasteiger partial charge in [-0.1, -0.05) is 15.9 Å². The van der Waals surface area contributed by atoms with Gasteiger partial charge in [0.2, 0.25) is 5.91 Å². The molecule has 23 heavy (non-hydrogen) atoms. The summed E-state index contributed by atoms with van der Waals surface area (Å²) < 4.78 is 6.92. The summed E-state index contributed by atoms with van der Waals surface area (Å²) in [7, 11) is 0. The van der Waals surface area contributed by atoms with Crippen molar-refractivity contribution in [3.8, 4) is 5.75 Å². The molecule has 4 rings (SSSR count). The predicted octanol–water partition coefficient (Wildman–Crippen LogP) is 2.57. The summed E-state index contributed by atoms with van der Waals surface area (Å²) in [6.45, 7) is 1.37. The fourth-order valence-electron chi connectivity index (χ4n) is 3.28. The zero-order valence-electron chi connectivity index (χ0n) is 12.7. The van der Waals surface area contributed by atoms with E-state index in [0.717, 1.165) is 29.5 Å². The first-order valence-electron chi connectivity index (χ1n) is 7.91. The third-order valence-corrected chi connectivity index (χ3v) is 5.17. The largest absolute Gasteiger partial charge is 0.487 e. The van der Waals surface area contributed by atoms with E-state index in [2.05, 4.69) is 26.1 Å². The van der Waals surface area contributed by atoms with Gasteiger partial charge in [0.1, 0.15) is 11.9 Å². The lowest BCUT2D eigenvalue weighted by atomic mass is 9.86. The number of rotatable bonds is 3. The molecular weight excluding hydrogens is 358 g/mol. The highest BCUT2D eigenvalue weighted by atomic mass is 79.9. The number of benzene rings is 1. The van der Waals surface area contributed by atoms with E-state index in [0.29, 0.717) is 13.1 Å². The van der Waals surface area contributed by atoms with E-state index in [4.69, 9.17) is 4.74 Å². The number of hydrogen-bond acceptors (Lipinski definition) is 3. The SMILES string of the molecule is O=C(C1CCc2[nH]ncc2C1)N1CC(Oc2ccc(Br)cc2)C1. The smallest absolute Gasteiger partial charge is 0.226 e. The van der Waals surface area contributed by atoms with Gasteiger partial charge in [0.05, 0.1) is 19.3 Å². The van der Waals surface area contributed by atoms with Gasteiger partial charge in [-0.25, -0.2) is 0 Å². The highest BCUT2D eigenvalue weighted by Crippen LogP contribution is 2.28. The molecule has 1 aliphatic carbocycles. The number of aromatic amines is 1. The van der Waals surface area contributed by atoms with Crippen molar-refractivity contribution in [1.29, 1.82) is 0 Å². The highest BCUT2D eigenvalue weighted by molar-refractivity contribution is 9.10. The Morgan fingerprint density at radius 3 is 2.87 bits per heavy atom. The molecule has 1 aromatic carbocycles. The Labute approximate surface area is 143 Å². The number of carbonyl (C=O) groups is 1. The van der Waals surface area contributed by atoms with Crippen LogP contribution in [0.2, 0.25) is 0 Å². The molecule has 0 spiro atoms. The lowest BCUT2D eigenvalue weighted by Crippen LogP contribution is -2.58. The number of amides is 1. The Morgan fingerprint density at radius 1 is 1.30 bits per heavy atom. The van der Waals surface area contributed by atoms with Crippen molar-refractivity contribution in [3.63, 3.8) is 0 Å². The molecule has 1 aromatic heterocycles. The van der Waals surface area contributed by atoms with E-state index in [1.165, 1.54) is 11.3 Å². The van der Waals surface area contributed by atoms with Crippen molar-refractivity contribution in [2.45, 2.75) is 25.4 Å². The molecular formula is C17H18BrN3O2. The number of halogens is 1. The van der Waals surface area contributed by atoms with E-state index in [-0.39, 0.29) is 17.9 Å². The number of fused-ring (bicyclic) bond motifs is 1. The number of hydrogen-bond donors (Lipinski definition) is 1. The van der Waals surface area contributed by atoms with Crippen LogP contribution in [0, 0.1) is 5.92 Å². The van der Waals surface area contributed by atoms with E-state index < -0.39 is 0 Å². The molecule has 120 valence electrons. The van der Waals surface area contributed by atoms with Crippen LogP contribution in [0.25, 0.3) is 0 Å². The van der Waals surface area contributed by atoms with Crippen LogP contribution in [0.4, 0.5) is 0 Å². The van der Waals surface area contributed by atoms with Crippen LogP contribution >= 0.6 is 15.9 Å². The quantitative estimate of drug-likeness (QED) is 0.896. The minimum absolute atomic E-state index is 0.0914. The van der Waals surface area contributed by atoms with Gasteiger partial charge in [-0.2, -0.15) is 5.10 Å². The molecule has 5 nitrogen and oxygen atoms in total. The Kier molecular flexibility index (Phi) is 3.85. The molecule has 1 saturated heterocycles. The van der Waals surface area contributed by atoms with Gasteiger partial charge in [0.15, 0.2) is 0 Å². The van der Waals surface area contributed by atoms with E-state index in [1.807, 2.05) is 35.4 Å². The number of nitrogens with zero attached hydrogens (tertiary/aromatic N) is 2. The molecule has 1 N–H and O–H groups in total. The predicted molar refractivity (Wildman–Crippen MR) is 89.2 cm³/mol. The molecule has 0 saturated carbocycles. The molecule has 2 heterocycles. The van der Waals surface area contributed by atoms with Crippen molar-refractivity contribution in [2.75, 3.05) is 13.1 Å². The fourth-order valence-corrected chi connectivity index (χ4v) is 3.55.